The molecule has 0 aliphatic rings. The van der Waals surface area contributed by atoms with Crippen LogP contribution in [0.2, 0.25) is 0 Å². The van der Waals surface area contributed by atoms with Crippen LogP contribution in [0.25, 0.3) is 0 Å². The Balaban J connectivity index is 1.63. The molecule has 0 saturated carbocycles. The van der Waals surface area contributed by atoms with E-state index in [2.05, 4.69) is 41.5 Å². The number of unbranched alkanes of at least 4 members (excludes halogenated alkanes) is 2. The van der Waals surface area contributed by atoms with E-state index >= 15 is 0 Å². The highest BCUT2D eigenvalue weighted by Gasteiger charge is 2.11. The van der Waals surface area contributed by atoms with Crippen molar-refractivity contribution < 1.29 is 14.7 Å². The number of nitrogens with one attached hydrogen (secondary N) is 2. The summed E-state index contributed by atoms with van der Waals surface area (Å²) in [5.74, 6) is -1.19. The number of nitrogens with zero attached hydrogens (tertiary/aromatic N) is 1. The monoisotopic (exact) mass is 459 g/mol. The normalized spacial score (nSPS) is 10.5. The summed E-state index contributed by atoms with van der Waals surface area (Å²) in [4.78, 5) is 26.5. The van der Waals surface area contributed by atoms with Gasteiger partial charge in [-0.25, -0.2) is 4.79 Å². The van der Waals surface area contributed by atoms with Gasteiger partial charge in [0.05, 0.1) is 11.3 Å². The van der Waals surface area contributed by atoms with Crippen LogP contribution in [0.4, 0.5) is 22.7 Å². The second kappa shape index (κ2) is 12.4. The van der Waals surface area contributed by atoms with Crippen LogP contribution in [-0.2, 0) is 0 Å². The van der Waals surface area contributed by atoms with Gasteiger partial charge in [-0.1, -0.05) is 38.8 Å². The number of benzene rings is 3. The number of carbonyl (C=O) groups excluding carboxylic acids is 1. The maximum Gasteiger partial charge on any atom is 0.337 e. The Labute approximate surface area is 201 Å². The summed E-state index contributed by atoms with van der Waals surface area (Å²) in [5, 5.41) is 15.4. The molecular weight excluding hydrogens is 426 g/mol. The molecule has 0 aliphatic carbocycles. The maximum absolute atomic E-state index is 12.7. The van der Waals surface area contributed by atoms with Crippen molar-refractivity contribution in [1.29, 1.82) is 0 Å². The van der Waals surface area contributed by atoms with Crippen molar-refractivity contribution in [3.63, 3.8) is 0 Å². The van der Waals surface area contributed by atoms with Crippen LogP contribution in [0.5, 0.6) is 0 Å². The van der Waals surface area contributed by atoms with Gasteiger partial charge in [-0.2, -0.15) is 0 Å². The zero-order chi connectivity index (χ0) is 24.3. The van der Waals surface area contributed by atoms with Crippen molar-refractivity contribution in [1.82, 2.24) is 0 Å². The minimum absolute atomic E-state index is 0.190. The fraction of sp³-hybridized carbons (Fsp3) is 0.286. The molecule has 0 fully saturated rings. The molecule has 1 amide bonds. The topological polar surface area (TPSA) is 81.7 Å². The van der Waals surface area contributed by atoms with Crippen molar-refractivity contribution >= 4 is 34.6 Å². The van der Waals surface area contributed by atoms with Gasteiger partial charge in [-0.05, 0) is 73.5 Å². The Hall–Kier alpha value is -3.80. The number of hydrogen-bond donors (Lipinski definition) is 3. The molecule has 0 saturated heterocycles. The molecule has 6 heteroatoms. The van der Waals surface area contributed by atoms with Crippen LogP contribution in [0, 0.1) is 0 Å². The second-order valence-electron chi connectivity index (χ2n) is 8.25. The lowest BCUT2D eigenvalue weighted by Crippen LogP contribution is -2.25. The van der Waals surface area contributed by atoms with Crippen LogP contribution < -0.4 is 15.5 Å². The number of aromatic carboxylic acids is 1. The minimum Gasteiger partial charge on any atom is -0.478 e. The highest BCUT2D eigenvalue weighted by atomic mass is 16.4. The molecule has 0 radical (unpaired) electrons. The molecule has 6 nitrogen and oxygen atoms in total. The predicted octanol–water partition coefficient (Wildman–Crippen LogP) is 6.79. The molecule has 178 valence electrons. The first-order valence-electron chi connectivity index (χ1n) is 11.9. The van der Waals surface area contributed by atoms with Gasteiger partial charge in [0.25, 0.3) is 5.91 Å². The fourth-order valence-electron chi connectivity index (χ4n) is 3.67. The number of para-hydroxylation sites is 1. The van der Waals surface area contributed by atoms with Gasteiger partial charge in [0.1, 0.15) is 0 Å². The number of rotatable bonds is 12. The average molecular weight is 460 g/mol. The molecule has 3 rings (SSSR count). The van der Waals surface area contributed by atoms with Crippen LogP contribution in [-0.4, -0.2) is 30.1 Å². The van der Waals surface area contributed by atoms with E-state index in [9.17, 15) is 14.7 Å². The van der Waals surface area contributed by atoms with E-state index in [1.54, 1.807) is 48.5 Å². The van der Waals surface area contributed by atoms with Crippen LogP contribution in [0.15, 0.2) is 72.8 Å². The molecule has 0 bridgehead atoms. The van der Waals surface area contributed by atoms with Crippen LogP contribution >= 0.6 is 0 Å². The minimum atomic E-state index is -0.996. The third kappa shape index (κ3) is 6.85. The molecule has 3 N–H and O–H groups in total. The molecule has 0 aliphatic heterocycles. The van der Waals surface area contributed by atoms with E-state index in [1.807, 2.05) is 12.1 Å². The molecule has 0 aromatic heterocycles. The zero-order valence-electron chi connectivity index (χ0n) is 19.9. The van der Waals surface area contributed by atoms with Crippen molar-refractivity contribution in [3.05, 3.63) is 83.9 Å². The van der Waals surface area contributed by atoms with Gasteiger partial charge >= 0.3 is 5.97 Å². The van der Waals surface area contributed by atoms with Crippen molar-refractivity contribution in [2.75, 3.05) is 28.6 Å². The SMILES string of the molecule is CCCCN(CCCC)c1ccc(NC(=O)c2ccc(Nc3ccccc3C(=O)O)cc2)cc1. The Morgan fingerprint density at radius 2 is 1.38 bits per heavy atom. The van der Waals surface area contributed by atoms with Gasteiger partial charge in [-0.3, -0.25) is 4.79 Å². The molecule has 0 unspecified atom stereocenters. The summed E-state index contributed by atoms with van der Waals surface area (Å²) in [6.07, 6.45) is 4.65. The number of hydrogen-bond acceptors (Lipinski definition) is 4. The van der Waals surface area contributed by atoms with Gasteiger partial charge in [-0.15, -0.1) is 0 Å². The van der Waals surface area contributed by atoms with E-state index in [0.717, 1.165) is 44.5 Å². The van der Waals surface area contributed by atoms with Gasteiger partial charge in [0.2, 0.25) is 0 Å². The van der Waals surface area contributed by atoms with Crippen LogP contribution in [0.3, 0.4) is 0 Å². The maximum atomic E-state index is 12.7. The van der Waals surface area contributed by atoms with Gasteiger partial charge in [0.15, 0.2) is 0 Å². The third-order valence-electron chi connectivity index (χ3n) is 5.64. The first-order chi connectivity index (χ1) is 16.5. The lowest BCUT2D eigenvalue weighted by molar-refractivity contribution is 0.0697. The summed E-state index contributed by atoms with van der Waals surface area (Å²) in [6.45, 7) is 6.49. The van der Waals surface area contributed by atoms with E-state index in [-0.39, 0.29) is 11.5 Å². The standard InChI is InChI=1S/C28H33N3O3/c1-3-5-19-31(20-6-4-2)24-17-15-23(16-18-24)30-27(32)21-11-13-22(14-12-21)29-26-10-8-7-9-25(26)28(33)34/h7-18,29H,3-6,19-20H2,1-2H3,(H,30,32)(H,33,34). The molecule has 3 aromatic carbocycles. The summed E-state index contributed by atoms with van der Waals surface area (Å²) in [7, 11) is 0. The molecular formula is C28H33N3O3. The van der Waals surface area contributed by atoms with Crippen molar-refractivity contribution in [2.45, 2.75) is 39.5 Å². The van der Waals surface area contributed by atoms with E-state index in [0.29, 0.717) is 16.9 Å². The lowest BCUT2D eigenvalue weighted by atomic mass is 10.1. The van der Waals surface area contributed by atoms with E-state index < -0.39 is 5.97 Å². The summed E-state index contributed by atoms with van der Waals surface area (Å²) < 4.78 is 0. The Morgan fingerprint density at radius 1 is 0.794 bits per heavy atom. The number of carbonyl (C=O) groups is 2. The summed E-state index contributed by atoms with van der Waals surface area (Å²) >= 11 is 0. The second-order valence-corrected chi connectivity index (χ2v) is 8.25. The highest BCUT2D eigenvalue weighted by Crippen LogP contribution is 2.23. The summed E-state index contributed by atoms with van der Waals surface area (Å²) in [5.41, 5.74) is 3.84. The Kier molecular flexibility index (Phi) is 9.09. The third-order valence-corrected chi connectivity index (χ3v) is 5.64. The first kappa shape index (κ1) is 24.8. The lowest BCUT2D eigenvalue weighted by Gasteiger charge is -2.25. The Morgan fingerprint density at radius 3 is 1.97 bits per heavy atom. The molecule has 0 heterocycles. The van der Waals surface area contributed by atoms with E-state index in [1.165, 1.54) is 5.69 Å². The largest absolute Gasteiger partial charge is 0.478 e. The first-order valence-corrected chi connectivity index (χ1v) is 11.9. The summed E-state index contributed by atoms with van der Waals surface area (Å²) in [6, 6.07) is 21.7. The number of carboxylic acids is 1. The molecule has 34 heavy (non-hydrogen) atoms. The molecule has 0 spiro atoms. The number of anilines is 4. The van der Waals surface area contributed by atoms with Gasteiger partial charge < -0.3 is 20.6 Å². The fourth-order valence-corrected chi connectivity index (χ4v) is 3.67. The molecule has 3 aromatic rings. The van der Waals surface area contributed by atoms with Crippen molar-refractivity contribution in [2.24, 2.45) is 0 Å². The predicted molar refractivity (Wildman–Crippen MR) is 140 cm³/mol. The highest BCUT2D eigenvalue weighted by molar-refractivity contribution is 6.04. The van der Waals surface area contributed by atoms with Gasteiger partial charge in [0, 0.05) is 35.7 Å². The number of carboxylic acid groups (broad SMARTS) is 1. The van der Waals surface area contributed by atoms with E-state index in [4.69, 9.17) is 0 Å². The molecule has 0 atom stereocenters. The van der Waals surface area contributed by atoms with Crippen LogP contribution in [0.1, 0.15) is 60.2 Å². The Bertz CT molecular complexity index is 1070. The van der Waals surface area contributed by atoms with Crippen molar-refractivity contribution in [3.8, 4) is 0 Å². The smallest absolute Gasteiger partial charge is 0.337 e. The number of amides is 1. The zero-order valence-corrected chi connectivity index (χ0v) is 19.9. The quantitative estimate of drug-likeness (QED) is 0.278. The average Bonchev–Trinajstić information content (AvgIpc) is 2.85.